The summed E-state index contributed by atoms with van der Waals surface area (Å²) in [5.41, 5.74) is 0. The van der Waals surface area contributed by atoms with Gasteiger partial charge in [0.1, 0.15) is 13.2 Å². The highest BCUT2D eigenvalue weighted by Crippen LogP contribution is 2.12. The number of carbonyl (C=O) groups excluding carboxylic acids is 3. The van der Waals surface area contributed by atoms with Crippen molar-refractivity contribution in [3.63, 3.8) is 0 Å². The fourth-order valence-corrected chi connectivity index (χ4v) is 6.13. The first-order valence-corrected chi connectivity index (χ1v) is 25.7. The van der Waals surface area contributed by atoms with Gasteiger partial charge in [0.25, 0.3) is 0 Å². The number of hydrogen-bond acceptors (Lipinski definition) is 6. The highest BCUT2D eigenvalue weighted by atomic mass is 16.6. The van der Waals surface area contributed by atoms with E-state index in [0.717, 1.165) is 103 Å². The fraction of sp³-hybridized carbons (Fsp3) is 0.492. The molecule has 0 aromatic rings. The quantitative estimate of drug-likeness (QED) is 0.0199. The van der Waals surface area contributed by atoms with Crippen molar-refractivity contribution in [3.8, 4) is 0 Å². The molecule has 0 radical (unpaired) electrons. The topological polar surface area (TPSA) is 78.9 Å². The Kier molecular flexibility index (Phi) is 49.2. The van der Waals surface area contributed by atoms with Gasteiger partial charge in [0.15, 0.2) is 6.10 Å². The van der Waals surface area contributed by atoms with Gasteiger partial charge in [0, 0.05) is 19.3 Å². The maximum Gasteiger partial charge on any atom is 0.306 e. The van der Waals surface area contributed by atoms with Crippen molar-refractivity contribution in [1.29, 1.82) is 0 Å². The van der Waals surface area contributed by atoms with Crippen molar-refractivity contribution in [2.24, 2.45) is 0 Å². The van der Waals surface area contributed by atoms with E-state index >= 15 is 0 Å². The molecule has 0 saturated heterocycles. The molecule has 6 heteroatoms. The summed E-state index contributed by atoms with van der Waals surface area (Å²) < 4.78 is 16.7. The van der Waals surface area contributed by atoms with Crippen LogP contribution in [0, 0.1) is 0 Å². The van der Waals surface area contributed by atoms with Crippen LogP contribution < -0.4 is 0 Å². The summed E-state index contributed by atoms with van der Waals surface area (Å²) in [6, 6.07) is 0. The number of carbonyl (C=O) groups is 3. The van der Waals surface area contributed by atoms with E-state index in [2.05, 4.69) is 130 Å². The van der Waals surface area contributed by atoms with Crippen LogP contribution in [0.5, 0.6) is 0 Å². The van der Waals surface area contributed by atoms with Crippen molar-refractivity contribution in [3.05, 3.63) is 170 Å². The van der Waals surface area contributed by atoms with Crippen LogP contribution in [0.3, 0.4) is 0 Å². The molecule has 0 heterocycles. The number of esters is 3. The lowest BCUT2D eigenvalue weighted by molar-refractivity contribution is -0.166. The Morgan fingerprint density at radius 3 is 1.09 bits per heavy atom. The van der Waals surface area contributed by atoms with E-state index in [1.165, 1.54) is 19.3 Å². The number of rotatable bonds is 43. The zero-order chi connectivity index (χ0) is 48.6. The first-order chi connectivity index (χ1) is 33.0. The first-order valence-electron chi connectivity index (χ1n) is 25.7. The molecule has 370 valence electrons. The summed E-state index contributed by atoms with van der Waals surface area (Å²) in [6.07, 6.45) is 79.2. The first kappa shape index (κ1) is 61.8. The molecule has 1 atom stereocenters. The normalized spacial score (nSPS) is 13.5. The van der Waals surface area contributed by atoms with E-state index in [-0.39, 0.29) is 44.0 Å². The van der Waals surface area contributed by atoms with E-state index in [1.54, 1.807) is 0 Å². The van der Waals surface area contributed by atoms with E-state index < -0.39 is 6.10 Å². The molecule has 0 aliphatic carbocycles. The monoisotopic (exact) mass is 919 g/mol. The molecule has 0 aliphatic rings. The van der Waals surface area contributed by atoms with Gasteiger partial charge < -0.3 is 14.2 Å². The van der Waals surface area contributed by atoms with Crippen LogP contribution in [0.1, 0.15) is 175 Å². The zero-order valence-electron chi connectivity index (χ0n) is 42.1. The Bertz CT molecular complexity index is 1620. The predicted molar refractivity (Wildman–Crippen MR) is 288 cm³/mol. The van der Waals surface area contributed by atoms with Gasteiger partial charge in [0.2, 0.25) is 0 Å². The van der Waals surface area contributed by atoms with Gasteiger partial charge in [-0.1, -0.05) is 229 Å². The number of unbranched alkanes of at least 4 members (excludes halogenated alkanes) is 10. The summed E-state index contributed by atoms with van der Waals surface area (Å²) in [6.45, 7) is 6.10. The summed E-state index contributed by atoms with van der Waals surface area (Å²) >= 11 is 0. The third-order valence-electron chi connectivity index (χ3n) is 9.90. The number of ether oxygens (including phenoxy) is 3. The summed E-state index contributed by atoms with van der Waals surface area (Å²) in [5.74, 6) is -1.09. The Labute approximate surface area is 409 Å². The third kappa shape index (κ3) is 51.6. The van der Waals surface area contributed by atoms with Gasteiger partial charge in [0.05, 0.1) is 0 Å². The maximum absolute atomic E-state index is 12.8. The van der Waals surface area contributed by atoms with E-state index in [4.69, 9.17) is 14.2 Å². The average molecular weight is 919 g/mol. The highest BCUT2D eigenvalue weighted by Gasteiger charge is 2.19. The molecule has 0 N–H and O–H groups in total. The summed E-state index contributed by atoms with van der Waals surface area (Å²) in [5, 5.41) is 0. The highest BCUT2D eigenvalue weighted by molar-refractivity contribution is 5.71. The summed E-state index contributed by atoms with van der Waals surface area (Å²) in [7, 11) is 0. The van der Waals surface area contributed by atoms with Crippen LogP contribution in [-0.2, 0) is 28.6 Å². The Morgan fingerprint density at radius 1 is 0.313 bits per heavy atom. The number of hydrogen-bond donors (Lipinski definition) is 0. The minimum atomic E-state index is -0.845. The fourth-order valence-electron chi connectivity index (χ4n) is 6.13. The van der Waals surface area contributed by atoms with Gasteiger partial charge in [-0.15, -0.1) is 0 Å². The summed E-state index contributed by atoms with van der Waals surface area (Å²) in [4.78, 5) is 38.0. The zero-order valence-corrected chi connectivity index (χ0v) is 42.1. The van der Waals surface area contributed by atoms with Gasteiger partial charge in [-0.05, 0) is 96.3 Å². The van der Waals surface area contributed by atoms with Crippen LogP contribution in [0.2, 0.25) is 0 Å². The largest absolute Gasteiger partial charge is 0.462 e. The molecule has 0 bridgehead atoms. The number of allylic oxidation sites excluding steroid dienone is 28. The lowest BCUT2D eigenvalue weighted by Gasteiger charge is -2.18. The minimum Gasteiger partial charge on any atom is -0.462 e. The lowest BCUT2D eigenvalue weighted by atomic mass is 10.1. The van der Waals surface area contributed by atoms with Crippen LogP contribution in [0.15, 0.2) is 170 Å². The second-order valence-electron chi connectivity index (χ2n) is 16.1. The van der Waals surface area contributed by atoms with E-state index in [9.17, 15) is 14.4 Å². The van der Waals surface area contributed by atoms with Crippen molar-refractivity contribution in [2.75, 3.05) is 13.2 Å². The molecule has 0 rings (SSSR count). The molecule has 0 aromatic heterocycles. The van der Waals surface area contributed by atoms with E-state index in [1.807, 2.05) is 60.8 Å². The van der Waals surface area contributed by atoms with Crippen molar-refractivity contribution in [2.45, 2.75) is 181 Å². The SMILES string of the molecule is CC\C=C/C=C\C=C/C=C\C=C/CCCCCC(=O)OC(COC(=O)CC/C=C\C/C=C\C/C=C\C/C=C\C/C=C\C/C=C\CC)COC(=O)CCCCCCCCC\C=C/C=C\C=C/CC. The van der Waals surface area contributed by atoms with Crippen molar-refractivity contribution >= 4 is 17.9 Å². The second-order valence-corrected chi connectivity index (χ2v) is 16.1. The third-order valence-corrected chi connectivity index (χ3v) is 9.90. The van der Waals surface area contributed by atoms with Crippen LogP contribution >= 0.6 is 0 Å². The van der Waals surface area contributed by atoms with Gasteiger partial charge >= 0.3 is 17.9 Å². The molecule has 6 nitrogen and oxygen atoms in total. The Hall–Kier alpha value is -5.23. The molecule has 0 saturated carbocycles. The molecule has 0 spiro atoms. The van der Waals surface area contributed by atoms with Crippen LogP contribution in [0.4, 0.5) is 0 Å². The van der Waals surface area contributed by atoms with Gasteiger partial charge in [-0.3, -0.25) is 14.4 Å². The Balaban J connectivity index is 4.64. The van der Waals surface area contributed by atoms with Crippen LogP contribution in [-0.4, -0.2) is 37.2 Å². The molecular weight excluding hydrogens is 829 g/mol. The molecule has 0 aliphatic heterocycles. The van der Waals surface area contributed by atoms with Gasteiger partial charge in [-0.25, -0.2) is 0 Å². The van der Waals surface area contributed by atoms with Crippen LogP contribution in [0.25, 0.3) is 0 Å². The van der Waals surface area contributed by atoms with Crippen molar-refractivity contribution < 1.29 is 28.6 Å². The molecule has 0 amide bonds. The molecular formula is C61H90O6. The standard InChI is InChI=1S/C61H90O6/c1-4-7-10-13-16-19-22-25-28-29-30-31-34-36-39-42-45-48-51-54-60(63)66-57-58(67-61(64)55-52-49-46-43-40-37-33-27-24-21-18-15-12-9-6-3)56-65-59(62)53-50-47-44-41-38-35-32-26-23-20-17-14-11-8-5-2/h7-12,14-21,23-25,27-28,30-31,33,36-37,39-40,45,48,58H,4-6,13,22,26,29,32,34-35,38,41-44,46-47,49-57H2,1-3H3/b10-7-,11-8-,12-9-,17-14-,18-15-,19-16-,23-20-,24-21-,28-25-,31-30-,33-27-,39-36-,40-37-,48-45-. The maximum atomic E-state index is 12.8. The lowest BCUT2D eigenvalue weighted by Crippen LogP contribution is -2.30. The molecule has 0 aromatic carbocycles. The Morgan fingerprint density at radius 2 is 0.642 bits per heavy atom. The van der Waals surface area contributed by atoms with E-state index in [0.29, 0.717) is 19.3 Å². The predicted octanol–water partition coefficient (Wildman–Crippen LogP) is 17.2. The smallest absolute Gasteiger partial charge is 0.306 e. The van der Waals surface area contributed by atoms with Gasteiger partial charge in [-0.2, -0.15) is 0 Å². The minimum absolute atomic E-state index is 0.135. The average Bonchev–Trinajstić information content (AvgIpc) is 3.33. The molecule has 1 unspecified atom stereocenters. The molecule has 0 fully saturated rings. The molecule has 67 heavy (non-hydrogen) atoms. The second kappa shape index (κ2) is 53.4. The van der Waals surface area contributed by atoms with Crippen molar-refractivity contribution in [1.82, 2.24) is 0 Å².